The molecule has 156 valence electrons. The lowest BCUT2D eigenvalue weighted by atomic mass is 10.2. The molecule has 5 aromatic rings. The molecule has 5 rings (SSSR count). The highest BCUT2D eigenvalue weighted by Gasteiger charge is 2.20. The van der Waals surface area contributed by atoms with Gasteiger partial charge in [-0.05, 0) is 42.8 Å². The Balaban J connectivity index is 1.38. The molecule has 0 radical (unpaired) electrons. The first kappa shape index (κ1) is 19.8. The van der Waals surface area contributed by atoms with E-state index in [-0.39, 0.29) is 5.91 Å². The van der Waals surface area contributed by atoms with Crippen LogP contribution in [0.4, 0.5) is 0 Å². The molecule has 0 saturated heterocycles. The van der Waals surface area contributed by atoms with Gasteiger partial charge in [-0.25, -0.2) is 4.98 Å². The molecule has 0 aliphatic carbocycles. The molecule has 1 N–H and O–H groups in total. The number of nitrogens with zero attached hydrogens (tertiary/aromatic N) is 4. The second-order valence-corrected chi connectivity index (χ2v) is 9.03. The first-order valence-electron chi connectivity index (χ1n) is 9.88. The van der Waals surface area contributed by atoms with Crippen LogP contribution in [0.15, 0.2) is 54.6 Å². The van der Waals surface area contributed by atoms with Gasteiger partial charge in [0.1, 0.15) is 10.7 Å². The third kappa shape index (κ3) is 3.82. The van der Waals surface area contributed by atoms with Crippen molar-refractivity contribution in [2.24, 2.45) is 0 Å². The van der Waals surface area contributed by atoms with Crippen LogP contribution in [0.3, 0.4) is 0 Å². The molecule has 0 aliphatic heterocycles. The van der Waals surface area contributed by atoms with Crippen LogP contribution in [0, 0.1) is 6.92 Å². The minimum Gasteiger partial charge on any atom is -0.340 e. The summed E-state index contributed by atoms with van der Waals surface area (Å²) in [4.78, 5) is 24.3. The van der Waals surface area contributed by atoms with E-state index in [0.29, 0.717) is 23.0 Å². The Labute approximate surface area is 188 Å². The molecule has 0 spiro atoms. The van der Waals surface area contributed by atoms with Crippen LogP contribution in [0.5, 0.6) is 0 Å². The molecule has 0 fully saturated rings. The molecule has 0 bridgehead atoms. The van der Waals surface area contributed by atoms with Gasteiger partial charge in [0.15, 0.2) is 0 Å². The highest BCUT2D eigenvalue weighted by Crippen LogP contribution is 2.30. The lowest BCUT2D eigenvalue weighted by molar-refractivity contribution is 0.0787. The zero-order chi connectivity index (χ0) is 21.5. The number of halogens is 1. The molecule has 0 atom stereocenters. The van der Waals surface area contributed by atoms with Gasteiger partial charge in [-0.1, -0.05) is 35.9 Å². The summed E-state index contributed by atoms with van der Waals surface area (Å²) in [5.74, 6) is 0.738. The Hall–Kier alpha value is -3.16. The average Bonchev–Trinajstić information content (AvgIpc) is 3.44. The van der Waals surface area contributed by atoms with E-state index < -0.39 is 0 Å². The quantitative estimate of drug-likeness (QED) is 0.398. The number of para-hydroxylation sites is 2. The van der Waals surface area contributed by atoms with Crippen LogP contribution in [0.25, 0.3) is 21.3 Å². The Morgan fingerprint density at radius 1 is 1.19 bits per heavy atom. The number of aromatic nitrogens is 4. The van der Waals surface area contributed by atoms with E-state index in [1.165, 1.54) is 11.3 Å². The maximum Gasteiger partial charge on any atom is 0.264 e. The van der Waals surface area contributed by atoms with E-state index in [4.69, 9.17) is 11.6 Å². The Morgan fingerprint density at radius 3 is 2.74 bits per heavy atom. The first-order chi connectivity index (χ1) is 15.0. The molecule has 6 nitrogen and oxygen atoms in total. The molecule has 31 heavy (non-hydrogen) atoms. The highest BCUT2D eigenvalue weighted by atomic mass is 35.5. The molecule has 0 saturated carbocycles. The number of aryl methyl sites for hydroxylation is 1. The smallest absolute Gasteiger partial charge is 0.264 e. The fourth-order valence-corrected chi connectivity index (χ4v) is 4.93. The summed E-state index contributed by atoms with van der Waals surface area (Å²) in [6.07, 6.45) is 0. The number of H-pyrrole nitrogens is 1. The Kier molecular flexibility index (Phi) is 5.00. The van der Waals surface area contributed by atoms with E-state index in [1.54, 1.807) is 11.9 Å². The van der Waals surface area contributed by atoms with Gasteiger partial charge in [0.25, 0.3) is 5.91 Å². The SMILES string of the molecule is Cc1nn(Cc2ccc(Cl)cc2)c2sc(C(=O)N(C)Cc3nc4ccccc4[nH]3)cc12. The summed E-state index contributed by atoms with van der Waals surface area (Å²) in [5, 5.41) is 6.38. The van der Waals surface area contributed by atoms with Gasteiger partial charge in [0.2, 0.25) is 0 Å². The van der Waals surface area contributed by atoms with Gasteiger partial charge in [-0.3, -0.25) is 9.48 Å². The Morgan fingerprint density at radius 2 is 1.97 bits per heavy atom. The van der Waals surface area contributed by atoms with Gasteiger partial charge in [0, 0.05) is 17.5 Å². The maximum absolute atomic E-state index is 13.1. The number of thiophene rings is 1. The van der Waals surface area contributed by atoms with Crippen molar-refractivity contribution in [1.29, 1.82) is 0 Å². The fourth-order valence-electron chi connectivity index (χ4n) is 3.65. The minimum absolute atomic E-state index is 0.0286. The zero-order valence-corrected chi connectivity index (χ0v) is 18.7. The summed E-state index contributed by atoms with van der Waals surface area (Å²) in [6.45, 7) is 3.02. The van der Waals surface area contributed by atoms with Gasteiger partial charge in [0.05, 0.1) is 34.7 Å². The summed E-state index contributed by atoms with van der Waals surface area (Å²) >= 11 is 7.47. The van der Waals surface area contributed by atoms with E-state index in [0.717, 1.165) is 38.3 Å². The van der Waals surface area contributed by atoms with Crippen molar-refractivity contribution in [2.45, 2.75) is 20.0 Å². The normalized spacial score (nSPS) is 11.5. The predicted molar refractivity (Wildman–Crippen MR) is 125 cm³/mol. The van der Waals surface area contributed by atoms with Gasteiger partial charge in [-0.2, -0.15) is 5.10 Å². The van der Waals surface area contributed by atoms with E-state index >= 15 is 0 Å². The number of nitrogens with one attached hydrogen (secondary N) is 1. The summed E-state index contributed by atoms with van der Waals surface area (Å²) < 4.78 is 1.95. The number of fused-ring (bicyclic) bond motifs is 2. The number of hydrogen-bond acceptors (Lipinski definition) is 4. The fraction of sp³-hybridized carbons (Fsp3) is 0.174. The van der Waals surface area contributed by atoms with Gasteiger partial charge in [-0.15, -0.1) is 11.3 Å². The first-order valence-corrected chi connectivity index (χ1v) is 11.1. The standard InChI is InChI=1S/C23H20ClN5OS/c1-14-17-11-20(31-23(17)29(27-14)12-15-7-9-16(24)10-8-15)22(30)28(2)13-21-25-18-5-3-4-6-19(18)26-21/h3-11H,12-13H2,1-2H3,(H,25,26). The number of benzene rings is 2. The largest absolute Gasteiger partial charge is 0.340 e. The summed E-state index contributed by atoms with van der Waals surface area (Å²) in [5.41, 5.74) is 3.90. The number of carbonyl (C=O) groups excluding carboxylic acids is 1. The van der Waals surface area contributed by atoms with E-state index in [2.05, 4.69) is 15.1 Å². The lowest BCUT2D eigenvalue weighted by Gasteiger charge is -2.14. The Bertz CT molecular complexity index is 1370. The number of amides is 1. The second-order valence-electron chi connectivity index (χ2n) is 7.56. The minimum atomic E-state index is -0.0286. The molecule has 0 aliphatic rings. The topological polar surface area (TPSA) is 66.8 Å². The third-order valence-electron chi connectivity index (χ3n) is 5.24. The second kappa shape index (κ2) is 7.83. The van der Waals surface area contributed by atoms with E-state index in [9.17, 15) is 4.79 Å². The number of aromatic amines is 1. The monoisotopic (exact) mass is 449 g/mol. The number of hydrogen-bond donors (Lipinski definition) is 1. The zero-order valence-electron chi connectivity index (χ0n) is 17.1. The van der Waals surface area contributed by atoms with Crippen molar-refractivity contribution >= 4 is 50.1 Å². The van der Waals surface area contributed by atoms with Crippen LogP contribution in [0.2, 0.25) is 5.02 Å². The van der Waals surface area contributed by atoms with Crippen molar-refractivity contribution in [3.8, 4) is 0 Å². The molecule has 0 unspecified atom stereocenters. The molecular weight excluding hydrogens is 430 g/mol. The van der Waals surface area contributed by atoms with E-state index in [1.807, 2.05) is 66.2 Å². The third-order valence-corrected chi connectivity index (χ3v) is 6.62. The summed E-state index contributed by atoms with van der Waals surface area (Å²) in [6, 6.07) is 17.5. The molecule has 2 aromatic carbocycles. The molecule has 3 aromatic heterocycles. The van der Waals surface area contributed by atoms with Crippen molar-refractivity contribution in [3.05, 3.63) is 81.6 Å². The maximum atomic E-state index is 13.1. The highest BCUT2D eigenvalue weighted by molar-refractivity contribution is 7.20. The summed E-state index contributed by atoms with van der Waals surface area (Å²) in [7, 11) is 1.80. The van der Waals surface area contributed by atoms with Crippen molar-refractivity contribution in [3.63, 3.8) is 0 Å². The molecular formula is C23H20ClN5OS. The van der Waals surface area contributed by atoms with Crippen LogP contribution >= 0.6 is 22.9 Å². The number of imidazole rings is 1. The van der Waals surface area contributed by atoms with Crippen molar-refractivity contribution in [1.82, 2.24) is 24.6 Å². The van der Waals surface area contributed by atoms with Crippen molar-refractivity contribution < 1.29 is 4.79 Å². The average molecular weight is 450 g/mol. The molecule has 8 heteroatoms. The van der Waals surface area contributed by atoms with Crippen LogP contribution in [-0.4, -0.2) is 37.6 Å². The van der Waals surface area contributed by atoms with Gasteiger partial charge >= 0.3 is 0 Å². The van der Waals surface area contributed by atoms with Crippen LogP contribution in [0.1, 0.15) is 26.8 Å². The lowest BCUT2D eigenvalue weighted by Crippen LogP contribution is -2.25. The number of carbonyl (C=O) groups is 1. The number of rotatable bonds is 5. The van der Waals surface area contributed by atoms with Gasteiger partial charge < -0.3 is 9.88 Å². The van der Waals surface area contributed by atoms with Crippen LogP contribution < -0.4 is 0 Å². The van der Waals surface area contributed by atoms with Crippen LogP contribution in [-0.2, 0) is 13.1 Å². The molecule has 3 heterocycles. The molecule has 1 amide bonds. The van der Waals surface area contributed by atoms with Crippen molar-refractivity contribution in [2.75, 3.05) is 7.05 Å². The predicted octanol–water partition coefficient (Wildman–Crippen LogP) is 5.26.